The Kier molecular flexibility index (Phi) is 2.76. The molecule has 1 saturated carbocycles. The third kappa shape index (κ3) is 2.37. The number of carbonyl (C=O) groups is 1. The SMILES string of the molecule is O=C(Nc1cccnc1)c1ccc(C2CC2)nc1. The van der Waals surface area contributed by atoms with Gasteiger partial charge in [0.05, 0.1) is 17.4 Å². The maximum Gasteiger partial charge on any atom is 0.257 e. The van der Waals surface area contributed by atoms with Crippen molar-refractivity contribution in [3.63, 3.8) is 0 Å². The number of hydrogen-bond acceptors (Lipinski definition) is 3. The molecule has 0 unspecified atom stereocenters. The molecule has 0 aliphatic heterocycles. The van der Waals surface area contributed by atoms with Crippen LogP contribution < -0.4 is 5.32 Å². The van der Waals surface area contributed by atoms with Gasteiger partial charge in [0.2, 0.25) is 0 Å². The molecule has 90 valence electrons. The number of pyridine rings is 2. The molecule has 0 radical (unpaired) electrons. The molecule has 1 aliphatic carbocycles. The number of nitrogens with zero attached hydrogens (tertiary/aromatic N) is 2. The van der Waals surface area contributed by atoms with Crippen LogP contribution in [0.25, 0.3) is 0 Å². The summed E-state index contributed by atoms with van der Waals surface area (Å²) >= 11 is 0. The van der Waals surface area contributed by atoms with Crippen LogP contribution in [0.15, 0.2) is 42.9 Å². The molecular weight excluding hydrogens is 226 g/mol. The van der Waals surface area contributed by atoms with E-state index in [9.17, 15) is 4.79 Å². The highest BCUT2D eigenvalue weighted by atomic mass is 16.1. The second-order valence-corrected chi connectivity index (χ2v) is 4.44. The lowest BCUT2D eigenvalue weighted by molar-refractivity contribution is 0.102. The van der Waals surface area contributed by atoms with Crippen LogP contribution in [0.4, 0.5) is 5.69 Å². The van der Waals surface area contributed by atoms with Crippen molar-refractivity contribution in [3.8, 4) is 0 Å². The van der Waals surface area contributed by atoms with Gasteiger partial charge in [-0.05, 0) is 37.1 Å². The van der Waals surface area contributed by atoms with Gasteiger partial charge in [-0.2, -0.15) is 0 Å². The van der Waals surface area contributed by atoms with Crippen molar-refractivity contribution in [2.45, 2.75) is 18.8 Å². The second kappa shape index (κ2) is 4.56. The third-order valence-electron chi connectivity index (χ3n) is 2.96. The Bertz CT molecular complexity index is 547. The van der Waals surface area contributed by atoms with E-state index in [0.717, 1.165) is 5.69 Å². The molecular formula is C14H13N3O. The molecule has 0 saturated heterocycles. The van der Waals surface area contributed by atoms with Crippen LogP contribution in [-0.4, -0.2) is 15.9 Å². The van der Waals surface area contributed by atoms with E-state index < -0.39 is 0 Å². The molecule has 0 bridgehead atoms. The molecule has 3 rings (SSSR count). The van der Waals surface area contributed by atoms with E-state index in [1.165, 1.54) is 12.8 Å². The zero-order chi connectivity index (χ0) is 12.4. The zero-order valence-corrected chi connectivity index (χ0v) is 9.84. The highest BCUT2D eigenvalue weighted by molar-refractivity contribution is 6.03. The number of hydrogen-bond donors (Lipinski definition) is 1. The lowest BCUT2D eigenvalue weighted by Gasteiger charge is -2.04. The number of amides is 1. The molecule has 4 heteroatoms. The van der Waals surface area contributed by atoms with Crippen molar-refractivity contribution in [2.24, 2.45) is 0 Å². The summed E-state index contributed by atoms with van der Waals surface area (Å²) in [5, 5.41) is 2.78. The van der Waals surface area contributed by atoms with Gasteiger partial charge in [-0.25, -0.2) is 0 Å². The van der Waals surface area contributed by atoms with Crippen LogP contribution in [0.5, 0.6) is 0 Å². The van der Waals surface area contributed by atoms with Gasteiger partial charge in [-0.15, -0.1) is 0 Å². The molecule has 2 heterocycles. The van der Waals surface area contributed by atoms with Crippen molar-refractivity contribution in [2.75, 3.05) is 5.32 Å². The van der Waals surface area contributed by atoms with Gasteiger partial charge in [-0.3, -0.25) is 14.8 Å². The number of anilines is 1. The Morgan fingerprint density at radius 2 is 2.11 bits per heavy atom. The summed E-state index contributed by atoms with van der Waals surface area (Å²) in [6.07, 6.45) is 7.35. The Balaban J connectivity index is 1.72. The van der Waals surface area contributed by atoms with Crippen LogP contribution in [0.2, 0.25) is 0 Å². The van der Waals surface area contributed by atoms with Gasteiger partial charge < -0.3 is 5.32 Å². The lowest BCUT2D eigenvalue weighted by atomic mass is 10.2. The van der Waals surface area contributed by atoms with E-state index in [4.69, 9.17) is 0 Å². The minimum atomic E-state index is -0.155. The number of carbonyl (C=O) groups excluding carboxylic acids is 1. The fourth-order valence-corrected chi connectivity index (χ4v) is 1.80. The predicted octanol–water partition coefficient (Wildman–Crippen LogP) is 2.61. The average molecular weight is 239 g/mol. The minimum Gasteiger partial charge on any atom is -0.321 e. The van der Waals surface area contributed by atoms with Crippen LogP contribution >= 0.6 is 0 Å². The van der Waals surface area contributed by atoms with Crippen molar-refractivity contribution in [1.29, 1.82) is 0 Å². The van der Waals surface area contributed by atoms with Gasteiger partial charge in [0.1, 0.15) is 0 Å². The Morgan fingerprint density at radius 3 is 2.72 bits per heavy atom. The first kappa shape index (κ1) is 10.9. The van der Waals surface area contributed by atoms with E-state index in [1.54, 1.807) is 30.7 Å². The summed E-state index contributed by atoms with van der Waals surface area (Å²) in [5.74, 6) is 0.457. The molecule has 2 aromatic rings. The number of aromatic nitrogens is 2. The normalized spacial score (nSPS) is 14.2. The first-order valence-corrected chi connectivity index (χ1v) is 6.00. The van der Waals surface area contributed by atoms with Gasteiger partial charge in [0, 0.05) is 24.0 Å². The summed E-state index contributed by atoms with van der Waals surface area (Å²) in [5.41, 5.74) is 2.35. The third-order valence-corrected chi connectivity index (χ3v) is 2.96. The van der Waals surface area contributed by atoms with E-state index in [0.29, 0.717) is 17.2 Å². The van der Waals surface area contributed by atoms with E-state index in [2.05, 4.69) is 15.3 Å². The number of nitrogens with one attached hydrogen (secondary N) is 1. The molecule has 18 heavy (non-hydrogen) atoms. The summed E-state index contributed by atoms with van der Waals surface area (Å²) in [7, 11) is 0. The van der Waals surface area contributed by atoms with Crippen LogP contribution in [-0.2, 0) is 0 Å². The molecule has 1 N–H and O–H groups in total. The first-order valence-electron chi connectivity index (χ1n) is 6.00. The van der Waals surface area contributed by atoms with Crippen LogP contribution in [0, 0.1) is 0 Å². The van der Waals surface area contributed by atoms with Crippen LogP contribution in [0.1, 0.15) is 34.8 Å². The molecule has 0 atom stereocenters. The van der Waals surface area contributed by atoms with Gasteiger partial charge in [0.15, 0.2) is 0 Å². The van der Waals surface area contributed by atoms with Gasteiger partial charge >= 0.3 is 0 Å². The Labute approximate surface area is 105 Å². The number of rotatable bonds is 3. The summed E-state index contributed by atoms with van der Waals surface area (Å²) in [6.45, 7) is 0. The highest BCUT2D eigenvalue weighted by Crippen LogP contribution is 2.38. The molecule has 2 aromatic heterocycles. The smallest absolute Gasteiger partial charge is 0.257 e. The monoisotopic (exact) mass is 239 g/mol. The molecule has 4 nitrogen and oxygen atoms in total. The topological polar surface area (TPSA) is 54.9 Å². The molecule has 1 fully saturated rings. The van der Waals surface area contributed by atoms with E-state index in [1.807, 2.05) is 12.1 Å². The maximum absolute atomic E-state index is 11.9. The average Bonchev–Trinajstić information content (AvgIpc) is 3.24. The zero-order valence-electron chi connectivity index (χ0n) is 9.84. The fraction of sp³-hybridized carbons (Fsp3) is 0.214. The van der Waals surface area contributed by atoms with Crippen molar-refractivity contribution >= 4 is 11.6 Å². The second-order valence-electron chi connectivity index (χ2n) is 4.44. The van der Waals surface area contributed by atoms with Crippen molar-refractivity contribution < 1.29 is 4.79 Å². The minimum absolute atomic E-state index is 0.155. The van der Waals surface area contributed by atoms with Crippen molar-refractivity contribution in [1.82, 2.24) is 9.97 Å². The fourth-order valence-electron chi connectivity index (χ4n) is 1.80. The highest BCUT2D eigenvalue weighted by Gasteiger charge is 2.24. The molecule has 1 aliphatic rings. The Morgan fingerprint density at radius 1 is 1.22 bits per heavy atom. The van der Waals surface area contributed by atoms with E-state index in [-0.39, 0.29) is 5.91 Å². The summed E-state index contributed by atoms with van der Waals surface area (Å²) in [4.78, 5) is 20.2. The summed E-state index contributed by atoms with van der Waals surface area (Å²) < 4.78 is 0. The quantitative estimate of drug-likeness (QED) is 0.895. The standard InChI is InChI=1S/C14H13N3O/c18-14(17-12-2-1-7-15-9-12)11-5-6-13(16-8-11)10-3-4-10/h1-2,5-10H,3-4H2,(H,17,18). The predicted molar refractivity (Wildman–Crippen MR) is 68.4 cm³/mol. The summed E-state index contributed by atoms with van der Waals surface area (Å²) in [6, 6.07) is 7.35. The molecule has 0 aromatic carbocycles. The van der Waals surface area contributed by atoms with Crippen molar-refractivity contribution in [3.05, 3.63) is 54.1 Å². The molecule has 0 spiro atoms. The van der Waals surface area contributed by atoms with Crippen LogP contribution in [0.3, 0.4) is 0 Å². The lowest BCUT2D eigenvalue weighted by Crippen LogP contribution is -2.12. The van der Waals surface area contributed by atoms with Gasteiger partial charge in [-0.1, -0.05) is 0 Å². The molecule has 1 amide bonds. The first-order chi connectivity index (χ1) is 8.83. The van der Waals surface area contributed by atoms with E-state index >= 15 is 0 Å². The maximum atomic E-state index is 11.9. The van der Waals surface area contributed by atoms with Gasteiger partial charge in [0.25, 0.3) is 5.91 Å². The largest absolute Gasteiger partial charge is 0.321 e. The Hall–Kier alpha value is -2.23.